The summed E-state index contributed by atoms with van der Waals surface area (Å²) in [5.41, 5.74) is 8.49. The summed E-state index contributed by atoms with van der Waals surface area (Å²) in [7, 11) is 0. The summed E-state index contributed by atoms with van der Waals surface area (Å²) in [6.07, 6.45) is 5.61. The third kappa shape index (κ3) is 4.13. The Morgan fingerprint density at radius 2 is 1.73 bits per heavy atom. The van der Waals surface area contributed by atoms with Gasteiger partial charge >= 0.3 is 0 Å². The Labute approximate surface area is 157 Å². The van der Waals surface area contributed by atoms with Gasteiger partial charge < -0.3 is 4.57 Å². The molecule has 134 valence electrons. The summed E-state index contributed by atoms with van der Waals surface area (Å²) in [5.74, 6) is 0. The number of hydrogen-bond acceptors (Lipinski definition) is 1. The smallest absolute Gasteiger partial charge is 0.0630 e. The minimum Gasteiger partial charge on any atom is -0.318 e. The SMILES string of the molecule is CCCCc1ccc(N=Cc2cc(C)n(-c3cccc(C)c3)c2C)cc1. The second-order valence-electron chi connectivity index (χ2n) is 7.03. The van der Waals surface area contributed by atoms with Gasteiger partial charge in [-0.3, -0.25) is 4.99 Å². The van der Waals surface area contributed by atoms with Crippen molar-refractivity contribution in [3.05, 3.63) is 82.7 Å². The number of nitrogens with zero attached hydrogens (tertiary/aromatic N) is 2. The van der Waals surface area contributed by atoms with Crippen molar-refractivity contribution in [3.63, 3.8) is 0 Å². The Morgan fingerprint density at radius 1 is 0.962 bits per heavy atom. The lowest BCUT2D eigenvalue weighted by molar-refractivity contribution is 0.795. The van der Waals surface area contributed by atoms with Crippen LogP contribution in [0.5, 0.6) is 0 Å². The quantitative estimate of drug-likeness (QED) is 0.454. The first-order valence-electron chi connectivity index (χ1n) is 9.47. The van der Waals surface area contributed by atoms with Gasteiger partial charge in [-0.05, 0) is 75.1 Å². The standard InChI is InChI=1S/C24H28N2/c1-5-6-9-21-11-13-23(14-12-21)25-17-22-16-19(3)26(20(22)4)24-10-7-8-18(2)15-24/h7-8,10-17H,5-6,9H2,1-4H3. The molecule has 0 radical (unpaired) electrons. The molecule has 0 fully saturated rings. The van der Waals surface area contributed by atoms with Crippen LogP contribution in [0.15, 0.2) is 59.6 Å². The first-order valence-corrected chi connectivity index (χ1v) is 9.47. The van der Waals surface area contributed by atoms with Crippen LogP contribution in [0.1, 0.15) is 47.8 Å². The number of aromatic nitrogens is 1. The van der Waals surface area contributed by atoms with Crippen LogP contribution in [0.2, 0.25) is 0 Å². The van der Waals surface area contributed by atoms with Gasteiger partial charge in [-0.15, -0.1) is 0 Å². The average molecular weight is 345 g/mol. The molecule has 3 aromatic rings. The first kappa shape index (κ1) is 18.2. The maximum Gasteiger partial charge on any atom is 0.0630 e. The highest BCUT2D eigenvalue weighted by molar-refractivity contribution is 5.84. The Hall–Kier alpha value is -2.61. The molecule has 1 heterocycles. The monoisotopic (exact) mass is 344 g/mol. The van der Waals surface area contributed by atoms with Crippen LogP contribution >= 0.6 is 0 Å². The molecule has 2 aromatic carbocycles. The van der Waals surface area contributed by atoms with Crippen LogP contribution in [0.25, 0.3) is 5.69 Å². The molecule has 0 aliphatic rings. The fraction of sp³-hybridized carbons (Fsp3) is 0.292. The van der Waals surface area contributed by atoms with E-state index < -0.39 is 0 Å². The van der Waals surface area contributed by atoms with Crippen LogP contribution in [-0.4, -0.2) is 10.8 Å². The van der Waals surface area contributed by atoms with E-state index in [1.165, 1.54) is 46.6 Å². The minimum absolute atomic E-state index is 1.01. The molecule has 1 aromatic heterocycles. The second kappa shape index (κ2) is 8.18. The highest BCUT2D eigenvalue weighted by atomic mass is 15.0. The van der Waals surface area contributed by atoms with Crippen LogP contribution in [0, 0.1) is 20.8 Å². The molecule has 3 rings (SSSR count). The molecule has 0 saturated carbocycles. The molecule has 0 saturated heterocycles. The first-order chi connectivity index (χ1) is 12.6. The largest absolute Gasteiger partial charge is 0.318 e. The lowest BCUT2D eigenvalue weighted by Gasteiger charge is -2.10. The molecule has 0 unspecified atom stereocenters. The van der Waals surface area contributed by atoms with Crippen LogP contribution in [0.4, 0.5) is 5.69 Å². The van der Waals surface area contributed by atoms with Crippen LogP contribution in [0.3, 0.4) is 0 Å². The molecule has 26 heavy (non-hydrogen) atoms. The van der Waals surface area contributed by atoms with Gasteiger partial charge in [0, 0.05) is 28.9 Å². The number of aliphatic imine (C=N–C) groups is 1. The van der Waals surface area contributed by atoms with Gasteiger partial charge in [0.2, 0.25) is 0 Å². The summed E-state index contributed by atoms with van der Waals surface area (Å²) < 4.78 is 2.29. The summed E-state index contributed by atoms with van der Waals surface area (Å²) >= 11 is 0. The van der Waals surface area contributed by atoms with Gasteiger partial charge in [0.25, 0.3) is 0 Å². The van der Waals surface area contributed by atoms with E-state index in [2.05, 4.69) is 91.9 Å². The molecule has 0 atom stereocenters. The van der Waals surface area contributed by atoms with E-state index in [0.29, 0.717) is 0 Å². The van der Waals surface area contributed by atoms with Crippen molar-refractivity contribution in [2.24, 2.45) is 4.99 Å². The highest BCUT2D eigenvalue weighted by Gasteiger charge is 2.09. The molecule has 0 aliphatic heterocycles. The van der Waals surface area contributed by atoms with Crippen molar-refractivity contribution in [2.75, 3.05) is 0 Å². The van der Waals surface area contributed by atoms with Gasteiger partial charge in [0.05, 0.1) is 5.69 Å². The lowest BCUT2D eigenvalue weighted by Crippen LogP contribution is -1.99. The van der Waals surface area contributed by atoms with Crippen LogP contribution in [-0.2, 0) is 6.42 Å². The lowest BCUT2D eigenvalue weighted by atomic mass is 10.1. The molecular formula is C24H28N2. The molecular weight excluding hydrogens is 316 g/mol. The highest BCUT2D eigenvalue weighted by Crippen LogP contribution is 2.21. The summed E-state index contributed by atoms with van der Waals surface area (Å²) in [6, 6.07) is 19.4. The molecule has 0 bridgehead atoms. The zero-order valence-corrected chi connectivity index (χ0v) is 16.3. The Morgan fingerprint density at radius 3 is 2.42 bits per heavy atom. The molecule has 0 spiro atoms. The number of unbranched alkanes of at least 4 members (excludes halogenated alkanes) is 1. The zero-order valence-electron chi connectivity index (χ0n) is 16.3. The predicted molar refractivity (Wildman–Crippen MR) is 112 cm³/mol. The van der Waals surface area contributed by atoms with E-state index in [1.807, 2.05) is 6.21 Å². The molecule has 0 amide bonds. The zero-order chi connectivity index (χ0) is 18.5. The van der Waals surface area contributed by atoms with E-state index in [1.54, 1.807) is 0 Å². The Kier molecular flexibility index (Phi) is 5.72. The predicted octanol–water partition coefficient (Wildman–Crippen LogP) is 6.50. The maximum atomic E-state index is 4.69. The number of benzene rings is 2. The molecule has 2 heteroatoms. The van der Waals surface area contributed by atoms with E-state index in [-0.39, 0.29) is 0 Å². The van der Waals surface area contributed by atoms with Crippen molar-refractivity contribution in [2.45, 2.75) is 47.0 Å². The number of hydrogen-bond donors (Lipinski definition) is 0. The topological polar surface area (TPSA) is 17.3 Å². The number of rotatable bonds is 6. The maximum absolute atomic E-state index is 4.69. The van der Waals surface area contributed by atoms with E-state index in [0.717, 1.165) is 12.1 Å². The summed E-state index contributed by atoms with van der Waals surface area (Å²) in [4.78, 5) is 4.69. The van der Waals surface area contributed by atoms with Gasteiger partial charge in [-0.25, -0.2) is 0 Å². The molecule has 2 nitrogen and oxygen atoms in total. The van der Waals surface area contributed by atoms with Gasteiger partial charge in [0.1, 0.15) is 0 Å². The summed E-state index contributed by atoms with van der Waals surface area (Å²) in [6.45, 7) is 8.66. The Balaban J connectivity index is 1.82. The fourth-order valence-corrected chi connectivity index (χ4v) is 3.36. The minimum atomic E-state index is 1.01. The molecule has 0 aliphatic carbocycles. The molecule has 0 N–H and O–H groups in total. The second-order valence-corrected chi connectivity index (χ2v) is 7.03. The van der Waals surface area contributed by atoms with Crippen molar-refractivity contribution >= 4 is 11.9 Å². The van der Waals surface area contributed by atoms with Gasteiger partial charge in [0.15, 0.2) is 0 Å². The third-order valence-electron chi connectivity index (χ3n) is 4.84. The van der Waals surface area contributed by atoms with Crippen molar-refractivity contribution < 1.29 is 0 Å². The van der Waals surface area contributed by atoms with Crippen molar-refractivity contribution in [1.29, 1.82) is 0 Å². The fourth-order valence-electron chi connectivity index (χ4n) is 3.36. The Bertz CT molecular complexity index is 898. The van der Waals surface area contributed by atoms with Crippen molar-refractivity contribution in [3.8, 4) is 5.69 Å². The average Bonchev–Trinajstić information content (AvgIpc) is 2.92. The summed E-state index contributed by atoms with van der Waals surface area (Å²) in [5, 5.41) is 0. The van der Waals surface area contributed by atoms with E-state index in [4.69, 9.17) is 0 Å². The van der Waals surface area contributed by atoms with Crippen LogP contribution < -0.4 is 0 Å². The van der Waals surface area contributed by atoms with E-state index >= 15 is 0 Å². The van der Waals surface area contributed by atoms with Gasteiger partial charge in [-0.2, -0.15) is 0 Å². The normalized spacial score (nSPS) is 11.4. The van der Waals surface area contributed by atoms with Gasteiger partial charge in [-0.1, -0.05) is 37.6 Å². The number of aryl methyl sites for hydroxylation is 3. The van der Waals surface area contributed by atoms with Crippen molar-refractivity contribution in [1.82, 2.24) is 4.57 Å². The third-order valence-corrected chi connectivity index (χ3v) is 4.84. The van der Waals surface area contributed by atoms with E-state index in [9.17, 15) is 0 Å².